The van der Waals surface area contributed by atoms with Crippen molar-refractivity contribution in [1.82, 2.24) is 0 Å². The Morgan fingerprint density at radius 3 is 2.15 bits per heavy atom. The van der Waals surface area contributed by atoms with Crippen LogP contribution in [0.25, 0.3) is 0 Å². The molecule has 0 saturated carbocycles. The summed E-state index contributed by atoms with van der Waals surface area (Å²) in [5, 5.41) is 6.73. The predicted molar refractivity (Wildman–Crippen MR) is 40.9 cm³/mol. The number of hydrogen-bond acceptors (Lipinski definition) is 4. The maximum Gasteiger partial charge on any atom is 0.415 e. The highest BCUT2D eigenvalue weighted by molar-refractivity contribution is 6.02. The molecule has 0 aromatic rings. The van der Waals surface area contributed by atoms with Gasteiger partial charge in [0.05, 0.1) is 13.2 Å². The van der Waals surface area contributed by atoms with Crippen LogP contribution < -0.4 is 0 Å². The van der Waals surface area contributed by atoms with Crippen molar-refractivity contribution in [2.45, 2.75) is 19.8 Å². The molecule has 0 heterocycles. The molecule has 0 aliphatic rings. The highest BCUT2D eigenvalue weighted by atomic mass is 19.3. The molecular formula is C7H11F2NO3. The topological polar surface area (TPSA) is 59.4 Å². The van der Waals surface area contributed by atoms with E-state index in [1.54, 1.807) is 0 Å². The highest BCUT2D eigenvalue weighted by Crippen LogP contribution is 2.17. The van der Waals surface area contributed by atoms with E-state index in [1.165, 1.54) is 13.8 Å². The van der Waals surface area contributed by atoms with Gasteiger partial charge in [-0.1, -0.05) is 0 Å². The molecule has 0 radical (unpaired) electrons. The average Bonchev–Trinajstić information content (AvgIpc) is 2.05. The van der Waals surface area contributed by atoms with E-state index >= 15 is 0 Å². The number of halogens is 2. The lowest BCUT2D eigenvalue weighted by molar-refractivity contribution is -0.163. The Morgan fingerprint density at radius 2 is 1.77 bits per heavy atom. The van der Waals surface area contributed by atoms with Gasteiger partial charge in [0.15, 0.2) is 0 Å². The van der Waals surface area contributed by atoms with E-state index in [0.717, 1.165) is 0 Å². The first kappa shape index (κ1) is 11.8. The molecule has 13 heavy (non-hydrogen) atoms. The van der Waals surface area contributed by atoms with Crippen LogP contribution in [0, 0.1) is 5.41 Å². The molecule has 4 nitrogen and oxygen atoms in total. The van der Waals surface area contributed by atoms with Gasteiger partial charge in [-0.25, -0.2) is 4.79 Å². The third kappa shape index (κ3) is 2.96. The average molecular weight is 195 g/mol. The van der Waals surface area contributed by atoms with Crippen molar-refractivity contribution in [3.63, 3.8) is 0 Å². The molecule has 0 unspecified atom stereocenters. The van der Waals surface area contributed by atoms with Crippen LogP contribution in [0.15, 0.2) is 0 Å². The van der Waals surface area contributed by atoms with Crippen LogP contribution in [-0.4, -0.2) is 31.0 Å². The summed E-state index contributed by atoms with van der Waals surface area (Å²) >= 11 is 0. The Labute approximate surface area is 74.3 Å². The molecule has 6 heteroatoms. The Bertz CT molecular complexity index is 186. The Kier molecular flexibility index (Phi) is 4.30. The number of carbonyl (C=O) groups is 1. The van der Waals surface area contributed by atoms with Crippen molar-refractivity contribution in [3.8, 4) is 0 Å². The largest absolute Gasteiger partial charge is 0.477 e. The molecule has 0 aromatic heterocycles. The van der Waals surface area contributed by atoms with Gasteiger partial charge in [0, 0.05) is 0 Å². The number of carbonyl (C=O) groups excluding carboxylic acids is 1. The zero-order valence-electron chi connectivity index (χ0n) is 7.39. The molecular weight excluding hydrogens is 184 g/mol. The maximum atomic E-state index is 12.8. The van der Waals surface area contributed by atoms with E-state index in [9.17, 15) is 13.6 Å². The SMILES string of the molecule is CCOC(=N)C(F)(F)C(=O)OCC. The fourth-order valence-electron chi connectivity index (χ4n) is 0.549. The first-order chi connectivity index (χ1) is 5.96. The second-order valence-corrected chi connectivity index (χ2v) is 2.06. The van der Waals surface area contributed by atoms with Crippen LogP contribution in [0.1, 0.15) is 13.8 Å². The van der Waals surface area contributed by atoms with E-state index < -0.39 is 17.8 Å². The van der Waals surface area contributed by atoms with Crippen LogP contribution in [0.4, 0.5) is 8.78 Å². The molecule has 76 valence electrons. The molecule has 0 aliphatic carbocycles. The van der Waals surface area contributed by atoms with Crippen LogP contribution >= 0.6 is 0 Å². The van der Waals surface area contributed by atoms with Crippen LogP contribution in [0.5, 0.6) is 0 Å². The quantitative estimate of drug-likeness (QED) is 0.416. The lowest BCUT2D eigenvalue weighted by Gasteiger charge is -2.14. The maximum absolute atomic E-state index is 12.8. The normalized spacial score (nSPS) is 10.8. The summed E-state index contributed by atoms with van der Waals surface area (Å²) in [4.78, 5) is 10.6. The number of ether oxygens (including phenoxy) is 2. The van der Waals surface area contributed by atoms with E-state index in [1.807, 2.05) is 0 Å². The van der Waals surface area contributed by atoms with Gasteiger partial charge in [-0.2, -0.15) is 8.78 Å². The number of rotatable bonds is 4. The van der Waals surface area contributed by atoms with Crippen molar-refractivity contribution < 1.29 is 23.0 Å². The molecule has 0 atom stereocenters. The van der Waals surface area contributed by atoms with E-state index in [4.69, 9.17) is 5.41 Å². The second-order valence-electron chi connectivity index (χ2n) is 2.06. The van der Waals surface area contributed by atoms with Gasteiger partial charge in [0.1, 0.15) is 0 Å². The molecule has 0 saturated heterocycles. The van der Waals surface area contributed by atoms with Crippen LogP contribution in [0.2, 0.25) is 0 Å². The van der Waals surface area contributed by atoms with Crippen LogP contribution in [-0.2, 0) is 14.3 Å². The predicted octanol–water partition coefficient (Wildman–Crippen LogP) is 1.20. The van der Waals surface area contributed by atoms with Gasteiger partial charge in [-0.3, -0.25) is 5.41 Å². The van der Waals surface area contributed by atoms with E-state index in [0.29, 0.717) is 0 Å². The number of nitrogens with one attached hydrogen (secondary N) is 1. The third-order valence-electron chi connectivity index (χ3n) is 1.11. The Balaban J connectivity index is 4.36. The number of alkyl halides is 2. The molecule has 0 spiro atoms. The van der Waals surface area contributed by atoms with Gasteiger partial charge in [-0.05, 0) is 13.8 Å². The molecule has 0 rings (SSSR count). The molecule has 0 aliphatic heterocycles. The Hall–Kier alpha value is -1.20. The lowest BCUT2D eigenvalue weighted by atomic mass is 10.3. The summed E-state index contributed by atoms with van der Waals surface area (Å²) in [5.74, 6) is -7.12. The van der Waals surface area contributed by atoms with Crippen molar-refractivity contribution in [2.75, 3.05) is 13.2 Å². The van der Waals surface area contributed by atoms with Crippen molar-refractivity contribution in [3.05, 3.63) is 0 Å². The first-order valence-corrected chi connectivity index (χ1v) is 3.73. The third-order valence-corrected chi connectivity index (χ3v) is 1.11. The van der Waals surface area contributed by atoms with Gasteiger partial charge in [0.25, 0.3) is 5.90 Å². The fourth-order valence-corrected chi connectivity index (χ4v) is 0.549. The minimum absolute atomic E-state index is 0.0895. The van der Waals surface area contributed by atoms with Crippen molar-refractivity contribution in [2.24, 2.45) is 0 Å². The summed E-state index contributed by atoms with van der Waals surface area (Å²) in [6.07, 6.45) is 0. The van der Waals surface area contributed by atoms with Crippen molar-refractivity contribution >= 4 is 11.9 Å². The zero-order chi connectivity index (χ0) is 10.5. The zero-order valence-corrected chi connectivity index (χ0v) is 7.39. The highest BCUT2D eigenvalue weighted by Gasteiger charge is 2.47. The van der Waals surface area contributed by atoms with Gasteiger partial charge < -0.3 is 9.47 Å². The molecule has 0 amide bonds. The minimum Gasteiger partial charge on any atom is -0.477 e. The summed E-state index contributed by atoms with van der Waals surface area (Å²) in [6.45, 7) is 2.59. The van der Waals surface area contributed by atoms with Crippen LogP contribution in [0.3, 0.4) is 0 Å². The molecule has 0 fully saturated rings. The van der Waals surface area contributed by atoms with Gasteiger partial charge in [0.2, 0.25) is 0 Å². The summed E-state index contributed by atoms with van der Waals surface area (Å²) in [6, 6.07) is 0. The lowest BCUT2D eigenvalue weighted by Crippen LogP contribution is -2.40. The van der Waals surface area contributed by atoms with E-state index in [-0.39, 0.29) is 13.2 Å². The van der Waals surface area contributed by atoms with Gasteiger partial charge >= 0.3 is 11.9 Å². The number of esters is 1. The van der Waals surface area contributed by atoms with Crippen molar-refractivity contribution in [1.29, 1.82) is 5.41 Å². The monoisotopic (exact) mass is 195 g/mol. The Morgan fingerprint density at radius 1 is 1.31 bits per heavy atom. The first-order valence-electron chi connectivity index (χ1n) is 3.73. The second kappa shape index (κ2) is 4.74. The standard InChI is InChI=1S/C7H11F2NO3/c1-3-12-5(10)7(8,9)6(11)13-4-2/h10H,3-4H2,1-2H3. The van der Waals surface area contributed by atoms with Gasteiger partial charge in [-0.15, -0.1) is 0 Å². The molecule has 0 aromatic carbocycles. The summed E-state index contributed by atoms with van der Waals surface area (Å²) in [7, 11) is 0. The minimum atomic E-state index is -3.98. The smallest absolute Gasteiger partial charge is 0.415 e. The fraction of sp³-hybridized carbons (Fsp3) is 0.714. The summed E-state index contributed by atoms with van der Waals surface area (Å²) < 4.78 is 33.8. The summed E-state index contributed by atoms with van der Waals surface area (Å²) in [5.41, 5.74) is 0. The molecule has 0 bridgehead atoms. The number of hydrogen-bond donors (Lipinski definition) is 1. The van der Waals surface area contributed by atoms with E-state index in [2.05, 4.69) is 9.47 Å². The molecule has 1 N–H and O–H groups in total.